The summed E-state index contributed by atoms with van der Waals surface area (Å²) in [5.74, 6) is 0.758. The fraction of sp³-hybridized carbons (Fsp3) is 0.188. The Bertz CT molecular complexity index is 831. The minimum absolute atomic E-state index is 0.223. The van der Waals surface area contributed by atoms with Gasteiger partial charge in [0.05, 0.1) is 25.4 Å². The third kappa shape index (κ3) is 3.30. The Balaban J connectivity index is 2.01. The van der Waals surface area contributed by atoms with Crippen molar-refractivity contribution in [3.63, 3.8) is 0 Å². The van der Waals surface area contributed by atoms with E-state index in [9.17, 15) is 4.79 Å². The molecular formula is C16H14N2O3S2. The Labute approximate surface area is 141 Å². The number of esters is 1. The summed E-state index contributed by atoms with van der Waals surface area (Å²) >= 11 is 2.92. The van der Waals surface area contributed by atoms with E-state index in [-0.39, 0.29) is 11.7 Å². The maximum Gasteiger partial charge on any atom is 0.316 e. The second-order valence-electron chi connectivity index (χ2n) is 4.60. The largest absolute Gasteiger partial charge is 0.497 e. The van der Waals surface area contributed by atoms with E-state index in [1.807, 2.05) is 24.3 Å². The monoisotopic (exact) mass is 346 g/mol. The molecule has 2 aromatic heterocycles. The molecule has 0 aliphatic rings. The lowest BCUT2D eigenvalue weighted by molar-refractivity contribution is -0.137. The van der Waals surface area contributed by atoms with E-state index in [1.165, 1.54) is 25.2 Å². The zero-order chi connectivity index (χ0) is 16.2. The zero-order valence-electron chi connectivity index (χ0n) is 12.6. The number of hydrogen-bond acceptors (Lipinski definition) is 7. The highest BCUT2D eigenvalue weighted by Crippen LogP contribution is 2.38. The van der Waals surface area contributed by atoms with Crippen LogP contribution >= 0.6 is 23.1 Å². The Hall–Kier alpha value is -2.12. The van der Waals surface area contributed by atoms with Crippen LogP contribution in [0, 0.1) is 0 Å². The van der Waals surface area contributed by atoms with Crippen LogP contribution in [0.25, 0.3) is 21.3 Å². The summed E-state index contributed by atoms with van der Waals surface area (Å²) in [4.78, 5) is 20.9. The molecular weight excluding hydrogens is 332 g/mol. The summed E-state index contributed by atoms with van der Waals surface area (Å²) in [7, 11) is 3.02. The summed E-state index contributed by atoms with van der Waals surface area (Å²) in [6, 6.07) is 7.85. The number of thiophene rings is 1. The molecule has 0 fully saturated rings. The Morgan fingerprint density at radius 3 is 2.70 bits per heavy atom. The van der Waals surface area contributed by atoms with Crippen molar-refractivity contribution in [3.8, 4) is 16.9 Å². The van der Waals surface area contributed by atoms with Gasteiger partial charge in [-0.25, -0.2) is 9.97 Å². The number of nitrogens with zero attached hydrogens (tertiary/aromatic N) is 2. The highest BCUT2D eigenvalue weighted by atomic mass is 32.2. The average molecular weight is 346 g/mol. The molecule has 23 heavy (non-hydrogen) atoms. The molecule has 2 heterocycles. The summed E-state index contributed by atoms with van der Waals surface area (Å²) in [6.07, 6.45) is 1.52. The van der Waals surface area contributed by atoms with Crippen LogP contribution in [0.1, 0.15) is 0 Å². The van der Waals surface area contributed by atoms with E-state index >= 15 is 0 Å². The molecule has 7 heteroatoms. The van der Waals surface area contributed by atoms with Gasteiger partial charge in [0, 0.05) is 10.9 Å². The average Bonchev–Trinajstić information content (AvgIpc) is 3.04. The molecule has 3 aromatic rings. The number of hydrogen-bond donors (Lipinski definition) is 0. The van der Waals surface area contributed by atoms with Gasteiger partial charge in [-0.05, 0) is 17.7 Å². The number of rotatable bonds is 5. The number of thioether (sulfide) groups is 1. The molecule has 0 aliphatic carbocycles. The standard InChI is InChI=1S/C16H14N2O3S2/c1-20-11-5-3-10(4-6-11)12-7-22-15-14(12)16(18-9-17-15)23-8-13(19)21-2/h3-7,9H,8H2,1-2H3. The zero-order valence-corrected chi connectivity index (χ0v) is 14.2. The van der Waals surface area contributed by atoms with Crippen molar-refractivity contribution in [2.75, 3.05) is 20.0 Å². The van der Waals surface area contributed by atoms with Gasteiger partial charge in [0.15, 0.2) is 0 Å². The van der Waals surface area contributed by atoms with E-state index in [1.54, 1.807) is 18.4 Å². The van der Waals surface area contributed by atoms with E-state index in [0.717, 1.165) is 32.1 Å². The first-order valence-electron chi connectivity index (χ1n) is 6.79. The summed E-state index contributed by atoms with van der Waals surface area (Å²) in [5.41, 5.74) is 2.12. The molecule has 0 saturated heterocycles. The molecule has 0 bridgehead atoms. The highest BCUT2D eigenvalue weighted by molar-refractivity contribution is 8.00. The third-order valence-corrected chi connectivity index (χ3v) is 5.14. The number of methoxy groups -OCH3 is 2. The third-order valence-electron chi connectivity index (χ3n) is 3.29. The van der Waals surface area contributed by atoms with E-state index < -0.39 is 0 Å². The Morgan fingerprint density at radius 2 is 2.00 bits per heavy atom. The number of ether oxygens (including phenoxy) is 2. The maximum atomic E-state index is 11.4. The minimum atomic E-state index is -0.275. The second-order valence-corrected chi connectivity index (χ2v) is 6.42. The second kappa shape index (κ2) is 6.97. The van der Waals surface area contributed by atoms with Crippen LogP contribution in [0.3, 0.4) is 0 Å². The number of benzene rings is 1. The van der Waals surface area contributed by atoms with Crippen LogP contribution in [0.15, 0.2) is 41.0 Å². The van der Waals surface area contributed by atoms with Crippen LogP contribution in [-0.2, 0) is 9.53 Å². The molecule has 0 saturated carbocycles. The fourth-order valence-corrected chi connectivity index (χ4v) is 3.95. The summed E-state index contributed by atoms with van der Waals surface area (Å²) in [5, 5.41) is 3.81. The maximum absolute atomic E-state index is 11.4. The topological polar surface area (TPSA) is 61.3 Å². The quantitative estimate of drug-likeness (QED) is 0.399. The molecule has 0 atom stereocenters. The van der Waals surface area contributed by atoms with Crippen LogP contribution in [0.5, 0.6) is 5.75 Å². The normalized spacial score (nSPS) is 10.7. The lowest BCUT2D eigenvalue weighted by Gasteiger charge is -2.05. The first-order chi connectivity index (χ1) is 11.2. The molecule has 0 radical (unpaired) electrons. The molecule has 0 aliphatic heterocycles. The van der Waals surface area contributed by atoms with Gasteiger partial charge in [-0.2, -0.15) is 0 Å². The highest BCUT2D eigenvalue weighted by Gasteiger charge is 2.14. The molecule has 0 N–H and O–H groups in total. The molecule has 1 aromatic carbocycles. The molecule has 0 amide bonds. The molecule has 0 spiro atoms. The van der Waals surface area contributed by atoms with Gasteiger partial charge < -0.3 is 9.47 Å². The Kier molecular flexibility index (Phi) is 4.78. The van der Waals surface area contributed by atoms with Crippen molar-refractivity contribution < 1.29 is 14.3 Å². The van der Waals surface area contributed by atoms with Gasteiger partial charge in [0.1, 0.15) is 21.9 Å². The van der Waals surface area contributed by atoms with Crippen LogP contribution in [0.4, 0.5) is 0 Å². The number of fused-ring (bicyclic) bond motifs is 1. The first kappa shape index (κ1) is 15.8. The van der Waals surface area contributed by atoms with Crippen molar-refractivity contribution in [1.82, 2.24) is 9.97 Å². The van der Waals surface area contributed by atoms with Crippen LogP contribution in [-0.4, -0.2) is 35.9 Å². The lowest BCUT2D eigenvalue weighted by atomic mass is 10.1. The SMILES string of the molecule is COC(=O)CSc1ncnc2scc(-c3ccc(OC)cc3)c12. The van der Waals surface area contributed by atoms with Crippen molar-refractivity contribution in [2.24, 2.45) is 0 Å². The number of carbonyl (C=O) groups is 1. The lowest BCUT2D eigenvalue weighted by Crippen LogP contribution is -2.03. The van der Waals surface area contributed by atoms with E-state index in [0.29, 0.717) is 0 Å². The summed E-state index contributed by atoms with van der Waals surface area (Å²) in [6.45, 7) is 0. The molecule has 5 nitrogen and oxygen atoms in total. The molecule has 0 unspecified atom stereocenters. The van der Waals surface area contributed by atoms with Gasteiger partial charge in [0.2, 0.25) is 0 Å². The van der Waals surface area contributed by atoms with Gasteiger partial charge in [-0.1, -0.05) is 23.9 Å². The van der Waals surface area contributed by atoms with Crippen LogP contribution in [0.2, 0.25) is 0 Å². The van der Waals surface area contributed by atoms with Crippen molar-refractivity contribution >= 4 is 39.3 Å². The number of aromatic nitrogens is 2. The molecule has 118 valence electrons. The Morgan fingerprint density at radius 1 is 1.22 bits per heavy atom. The van der Waals surface area contributed by atoms with Gasteiger partial charge in [-0.3, -0.25) is 4.79 Å². The van der Waals surface area contributed by atoms with Gasteiger partial charge in [-0.15, -0.1) is 11.3 Å². The predicted octanol–water partition coefficient (Wildman–Crippen LogP) is 3.63. The minimum Gasteiger partial charge on any atom is -0.497 e. The number of carbonyl (C=O) groups excluding carboxylic acids is 1. The van der Waals surface area contributed by atoms with Gasteiger partial charge >= 0.3 is 5.97 Å². The first-order valence-corrected chi connectivity index (χ1v) is 8.65. The fourth-order valence-electron chi connectivity index (χ4n) is 2.13. The van der Waals surface area contributed by atoms with Crippen molar-refractivity contribution in [2.45, 2.75) is 5.03 Å². The van der Waals surface area contributed by atoms with Crippen molar-refractivity contribution in [1.29, 1.82) is 0 Å². The smallest absolute Gasteiger partial charge is 0.316 e. The van der Waals surface area contributed by atoms with Crippen LogP contribution < -0.4 is 4.74 Å². The molecule has 3 rings (SSSR count). The predicted molar refractivity (Wildman–Crippen MR) is 92.1 cm³/mol. The van der Waals surface area contributed by atoms with E-state index in [4.69, 9.17) is 9.47 Å². The van der Waals surface area contributed by atoms with E-state index in [2.05, 4.69) is 15.3 Å². The summed E-state index contributed by atoms with van der Waals surface area (Å²) < 4.78 is 9.89. The van der Waals surface area contributed by atoms with Gasteiger partial charge in [0.25, 0.3) is 0 Å². The van der Waals surface area contributed by atoms with Crippen molar-refractivity contribution in [3.05, 3.63) is 36.0 Å².